The van der Waals surface area contributed by atoms with Gasteiger partial charge >= 0.3 is 0 Å². The summed E-state index contributed by atoms with van der Waals surface area (Å²) < 4.78 is 0. The molecule has 5 heteroatoms. The molecule has 2 aromatic rings. The van der Waals surface area contributed by atoms with Crippen LogP contribution >= 0.6 is 0 Å². The highest BCUT2D eigenvalue weighted by atomic mass is 16.1. The zero-order chi connectivity index (χ0) is 17.6. The highest BCUT2D eigenvalue weighted by Crippen LogP contribution is 2.33. The molecule has 5 nitrogen and oxygen atoms in total. The molecule has 1 aromatic heterocycles. The third kappa shape index (κ3) is 4.21. The normalized spacial score (nSPS) is 15.4. The van der Waals surface area contributed by atoms with E-state index in [1.165, 1.54) is 11.4 Å². The van der Waals surface area contributed by atoms with E-state index < -0.39 is 0 Å². The van der Waals surface area contributed by atoms with Crippen molar-refractivity contribution in [1.82, 2.24) is 9.97 Å². The summed E-state index contributed by atoms with van der Waals surface area (Å²) in [6.45, 7) is 6.17. The lowest BCUT2D eigenvalue weighted by molar-refractivity contribution is -0.116. The molecular formula is C20H28N4O. The minimum absolute atomic E-state index is 0.108. The molecule has 1 aromatic carbocycles. The largest absolute Gasteiger partial charge is 0.370 e. The fourth-order valence-corrected chi connectivity index (χ4v) is 3.58. The molecule has 0 aliphatic carbocycles. The Balaban J connectivity index is 1.65. The molecule has 0 saturated carbocycles. The Morgan fingerprint density at radius 2 is 2.08 bits per heavy atom. The molecule has 1 fully saturated rings. The highest BCUT2D eigenvalue weighted by molar-refractivity contribution is 5.94. The van der Waals surface area contributed by atoms with Gasteiger partial charge in [-0.05, 0) is 38.3 Å². The van der Waals surface area contributed by atoms with Gasteiger partial charge in [0.25, 0.3) is 0 Å². The number of nitrogens with zero attached hydrogens (tertiary/aromatic N) is 2. The van der Waals surface area contributed by atoms with E-state index >= 15 is 0 Å². The molecular weight excluding hydrogens is 312 g/mol. The number of imidazole rings is 1. The maximum absolute atomic E-state index is 12.1. The average molecular weight is 340 g/mol. The molecule has 2 N–H and O–H groups in total. The van der Waals surface area contributed by atoms with E-state index in [-0.39, 0.29) is 5.91 Å². The van der Waals surface area contributed by atoms with E-state index in [9.17, 15) is 4.79 Å². The first-order valence-electron chi connectivity index (χ1n) is 9.32. The predicted molar refractivity (Wildman–Crippen MR) is 102 cm³/mol. The smallest absolute Gasteiger partial charge is 0.224 e. The summed E-state index contributed by atoms with van der Waals surface area (Å²) in [6, 6.07) is 8.14. The number of hydrogen-bond donors (Lipinski definition) is 2. The Morgan fingerprint density at radius 3 is 2.76 bits per heavy atom. The van der Waals surface area contributed by atoms with Crippen molar-refractivity contribution in [2.75, 3.05) is 23.3 Å². The van der Waals surface area contributed by atoms with E-state index in [4.69, 9.17) is 0 Å². The number of aromatic nitrogens is 2. The molecule has 1 saturated heterocycles. The standard InChI is InChI=1S/C20H28N4O/c1-3-4-9-19(25)23-17-7-5-6-8-18(17)24-12-10-16(11-13-24)20-15(2)21-14-22-20/h5-8,14,16H,3-4,9-13H2,1-2H3,(H,21,22)(H,23,25). The summed E-state index contributed by atoms with van der Waals surface area (Å²) in [4.78, 5) is 22.2. The predicted octanol–water partition coefficient (Wildman–Crippen LogP) is 4.23. The maximum Gasteiger partial charge on any atom is 0.224 e. The molecule has 1 amide bonds. The van der Waals surface area contributed by atoms with E-state index in [1.807, 2.05) is 18.2 Å². The van der Waals surface area contributed by atoms with Gasteiger partial charge in [-0.2, -0.15) is 0 Å². The van der Waals surface area contributed by atoms with Crippen molar-refractivity contribution in [3.63, 3.8) is 0 Å². The number of carbonyl (C=O) groups excluding carboxylic acids is 1. The number of benzene rings is 1. The topological polar surface area (TPSA) is 61.0 Å². The molecule has 1 aliphatic rings. The average Bonchev–Trinajstić information content (AvgIpc) is 3.06. The molecule has 0 bridgehead atoms. The minimum atomic E-state index is 0.108. The Hall–Kier alpha value is -2.30. The molecule has 0 radical (unpaired) electrons. The van der Waals surface area contributed by atoms with Crippen LogP contribution in [-0.4, -0.2) is 29.0 Å². The first-order chi connectivity index (χ1) is 12.2. The zero-order valence-electron chi connectivity index (χ0n) is 15.2. The van der Waals surface area contributed by atoms with Gasteiger partial charge < -0.3 is 15.2 Å². The quantitative estimate of drug-likeness (QED) is 0.827. The number of carbonyl (C=O) groups is 1. The lowest BCUT2D eigenvalue weighted by Crippen LogP contribution is -2.33. The number of hydrogen-bond acceptors (Lipinski definition) is 3. The van der Waals surface area contributed by atoms with Crippen molar-refractivity contribution < 1.29 is 4.79 Å². The zero-order valence-corrected chi connectivity index (χ0v) is 15.2. The summed E-state index contributed by atoms with van der Waals surface area (Å²) >= 11 is 0. The van der Waals surface area contributed by atoms with Gasteiger partial charge in [0.2, 0.25) is 5.91 Å². The molecule has 2 heterocycles. The molecule has 3 rings (SSSR count). The number of para-hydroxylation sites is 2. The van der Waals surface area contributed by atoms with Gasteiger partial charge in [-0.1, -0.05) is 25.5 Å². The number of H-pyrrole nitrogens is 1. The molecule has 1 aliphatic heterocycles. The monoisotopic (exact) mass is 340 g/mol. The van der Waals surface area contributed by atoms with Crippen molar-refractivity contribution >= 4 is 17.3 Å². The van der Waals surface area contributed by atoms with Crippen LogP contribution in [0.15, 0.2) is 30.6 Å². The summed E-state index contributed by atoms with van der Waals surface area (Å²) in [5.74, 6) is 0.630. The number of anilines is 2. The van der Waals surface area contributed by atoms with Crippen molar-refractivity contribution in [3.05, 3.63) is 42.0 Å². The van der Waals surface area contributed by atoms with E-state index in [2.05, 4.69) is 40.1 Å². The fraction of sp³-hybridized carbons (Fsp3) is 0.500. The second-order valence-corrected chi connectivity index (χ2v) is 6.84. The van der Waals surface area contributed by atoms with Crippen LogP contribution in [-0.2, 0) is 4.79 Å². The molecule has 134 valence electrons. The molecule has 0 unspecified atom stereocenters. The first-order valence-corrected chi connectivity index (χ1v) is 9.32. The van der Waals surface area contributed by atoms with Crippen LogP contribution in [0.1, 0.15) is 56.3 Å². The fourth-order valence-electron chi connectivity index (χ4n) is 3.58. The minimum Gasteiger partial charge on any atom is -0.370 e. The van der Waals surface area contributed by atoms with Crippen LogP contribution in [0, 0.1) is 6.92 Å². The third-order valence-electron chi connectivity index (χ3n) is 5.03. The molecule has 25 heavy (non-hydrogen) atoms. The van der Waals surface area contributed by atoms with E-state index in [1.54, 1.807) is 6.33 Å². The van der Waals surface area contributed by atoms with E-state index in [0.29, 0.717) is 12.3 Å². The summed E-state index contributed by atoms with van der Waals surface area (Å²) in [5, 5.41) is 3.09. The van der Waals surface area contributed by atoms with Gasteiger partial charge in [0, 0.05) is 31.1 Å². The maximum atomic E-state index is 12.1. The number of rotatable bonds is 6. The van der Waals surface area contributed by atoms with Crippen LogP contribution in [0.3, 0.4) is 0 Å². The highest BCUT2D eigenvalue weighted by Gasteiger charge is 2.24. The van der Waals surface area contributed by atoms with Gasteiger partial charge in [-0.15, -0.1) is 0 Å². The lowest BCUT2D eigenvalue weighted by Gasteiger charge is -2.34. The number of aryl methyl sites for hydroxylation is 1. The van der Waals surface area contributed by atoms with Crippen LogP contribution < -0.4 is 10.2 Å². The van der Waals surface area contributed by atoms with Gasteiger partial charge in [0.1, 0.15) is 0 Å². The Kier molecular flexibility index (Phi) is 5.74. The number of unbranched alkanes of at least 4 members (excludes halogenated alkanes) is 1. The molecule has 0 atom stereocenters. The van der Waals surface area contributed by atoms with Crippen molar-refractivity contribution in [1.29, 1.82) is 0 Å². The Labute approximate surface area is 149 Å². The number of aromatic amines is 1. The van der Waals surface area contributed by atoms with Crippen LogP contribution in [0.4, 0.5) is 11.4 Å². The lowest BCUT2D eigenvalue weighted by atomic mass is 9.92. The van der Waals surface area contributed by atoms with E-state index in [0.717, 1.165) is 50.1 Å². The Bertz CT molecular complexity index is 701. The van der Waals surface area contributed by atoms with Gasteiger partial charge in [-0.25, -0.2) is 4.98 Å². The van der Waals surface area contributed by atoms with Crippen molar-refractivity contribution in [3.8, 4) is 0 Å². The van der Waals surface area contributed by atoms with Gasteiger partial charge in [-0.3, -0.25) is 4.79 Å². The number of amides is 1. The number of nitrogens with one attached hydrogen (secondary N) is 2. The first kappa shape index (κ1) is 17.5. The van der Waals surface area contributed by atoms with Crippen molar-refractivity contribution in [2.45, 2.75) is 51.9 Å². The van der Waals surface area contributed by atoms with Gasteiger partial charge in [0.15, 0.2) is 0 Å². The number of piperidine rings is 1. The summed E-state index contributed by atoms with van der Waals surface area (Å²) in [5.41, 5.74) is 4.45. The van der Waals surface area contributed by atoms with Crippen LogP contribution in [0.25, 0.3) is 0 Å². The summed E-state index contributed by atoms with van der Waals surface area (Å²) in [6.07, 6.45) is 6.52. The summed E-state index contributed by atoms with van der Waals surface area (Å²) in [7, 11) is 0. The van der Waals surface area contributed by atoms with Crippen LogP contribution in [0.2, 0.25) is 0 Å². The van der Waals surface area contributed by atoms with Gasteiger partial charge in [0.05, 0.1) is 23.4 Å². The molecule has 0 spiro atoms. The third-order valence-corrected chi connectivity index (χ3v) is 5.03. The SMILES string of the molecule is CCCCC(=O)Nc1ccccc1N1CCC(c2nc[nH]c2C)CC1. The Morgan fingerprint density at radius 1 is 1.32 bits per heavy atom. The second-order valence-electron chi connectivity index (χ2n) is 6.84. The van der Waals surface area contributed by atoms with Crippen molar-refractivity contribution in [2.24, 2.45) is 0 Å². The second kappa shape index (κ2) is 8.19. The van der Waals surface area contributed by atoms with Crippen LogP contribution in [0.5, 0.6) is 0 Å².